The maximum atomic E-state index is 12.8. The molecule has 9 heteroatoms. The van der Waals surface area contributed by atoms with E-state index in [0.29, 0.717) is 15.6 Å². The van der Waals surface area contributed by atoms with E-state index in [1.807, 2.05) is 0 Å². The highest BCUT2D eigenvalue weighted by Gasteiger charge is 2.54. The van der Waals surface area contributed by atoms with Crippen molar-refractivity contribution >= 4 is 62.7 Å². The van der Waals surface area contributed by atoms with E-state index in [2.05, 4.69) is 21.2 Å². The molecule has 28 heavy (non-hydrogen) atoms. The molecule has 3 rings (SSSR count). The van der Waals surface area contributed by atoms with Gasteiger partial charge in [0.1, 0.15) is 0 Å². The van der Waals surface area contributed by atoms with Gasteiger partial charge in [-0.1, -0.05) is 51.3 Å². The second-order valence-corrected chi connectivity index (χ2v) is 8.25. The molecule has 3 amide bonds. The van der Waals surface area contributed by atoms with Crippen LogP contribution in [-0.4, -0.2) is 33.5 Å². The van der Waals surface area contributed by atoms with Crippen LogP contribution in [0, 0.1) is 0 Å². The van der Waals surface area contributed by atoms with Gasteiger partial charge in [-0.2, -0.15) is 0 Å². The number of hydrogen-bond donors (Lipinski definition) is 2. The van der Waals surface area contributed by atoms with Gasteiger partial charge in [-0.05, 0) is 42.3 Å². The van der Waals surface area contributed by atoms with Crippen LogP contribution in [0.5, 0.6) is 0 Å². The number of nitrogens with zero attached hydrogens (tertiary/aromatic N) is 1. The number of likely N-dealkylation sites (tertiary alicyclic amines) is 1. The van der Waals surface area contributed by atoms with Crippen LogP contribution in [0.3, 0.4) is 0 Å². The van der Waals surface area contributed by atoms with Crippen LogP contribution in [0.1, 0.15) is 18.4 Å². The van der Waals surface area contributed by atoms with Gasteiger partial charge in [-0.15, -0.1) is 0 Å². The number of imide groups is 1. The number of halogens is 3. The predicted molar refractivity (Wildman–Crippen MR) is 110 cm³/mol. The molecule has 0 spiro atoms. The first-order chi connectivity index (χ1) is 13.2. The molecule has 1 aliphatic rings. The van der Waals surface area contributed by atoms with Gasteiger partial charge >= 0.3 is 12.0 Å². The fraction of sp³-hybridized carbons (Fsp3) is 0.211. The van der Waals surface area contributed by atoms with Gasteiger partial charge in [0.25, 0.3) is 0 Å². The molecule has 0 aliphatic carbocycles. The van der Waals surface area contributed by atoms with Crippen molar-refractivity contribution in [1.29, 1.82) is 0 Å². The number of urea groups is 1. The molecule has 6 nitrogen and oxygen atoms in total. The quantitative estimate of drug-likeness (QED) is 0.639. The molecule has 1 saturated heterocycles. The first-order valence-electron chi connectivity index (χ1n) is 8.29. The fourth-order valence-electron chi connectivity index (χ4n) is 3.27. The van der Waals surface area contributed by atoms with E-state index in [1.165, 1.54) is 18.2 Å². The maximum Gasteiger partial charge on any atom is 0.330 e. The summed E-state index contributed by atoms with van der Waals surface area (Å²) in [6.45, 7) is 0. The molecule has 1 fully saturated rings. The Morgan fingerprint density at radius 1 is 1.14 bits per heavy atom. The van der Waals surface area contributed by atoms with Crippen LogP contribution in [0.25, 0.3) is 0 Å². The number of nitrogens with one attached hydrogen (secondary N) is 1. The largest absolute Gasteiger partial charge is 0.479 e. The summed E-state index contributed by atoms with van der Waals surface area (Å²) in [6.07, 6.45) is -0.00141. The summed E-state index contributed by atoms with van der Waals surface area (Å²) in [7, 11) is 0. The number of carbonyl (C=O) groups excluding carboxylic acids is 2. The third-order valence-corrected chi connectivity index (χ3v) is 5.52. The summed E-state index contributed by atoms with van der Waals surface area (Å²) in [5, 5.41) is 13.1. The van der Waals surface area contributed by atoms with Gasteiger partial charge in [0, 0.05) is 33.0 Å². The van der Waals surface area contributed by atoms with E-state index in [9.17, 15) is 19.5 Å². The van der Waals surface area contributed by atoms with E-state index in [1.54, 1.807) is 24.3 Å². The molecule has 0 unspecified atom stereocenters. The summed E-state index contributed by atoms with van der Waals surface area (Å²) in [4.78, 5) is 38.3. The van der Waals surface area contributed by atoms with Gasteiger partial charge in [-0.3, -0.25) is 4.79 Å². The molecule has 0 bridgehead atoms. The predicted octanol–water partition coefficient (Wildman–Crippen LogP) is 4.98. The lowest BCUT2D eigenvalue weighted by molar-refractivity contribution is -0.151. The molecular formula is C19H15BrCl2N2O4. The highest BCUT2D eigenvalue weighted by molar-refractivity contribution is 9.10. The number of benzene rings is 2. The minimum atomic E-state index is -1.67. The molecule has 0 radical (unpaired) electrons. The highest BCUT2D eigenvalue weighted by atomic mass is 79.9. The van der Waals surface area contributed by atoms with Gasteiger partial charge in [0.15, 0.2) is 5.54 Å². The lowest BCUT2D eigenvalue weighted by atomic mass is 9.88. The van der Waals surface area contributed by atoms with Crippen molar-refractivity contribution in [1.82, 2.24) is 4.90 Å². The highest BCUT2D eigenvalue weighted by Crippen LogP contribution is 2.35. The minimum Gasteiger partial charge on any atom is -0.479 e. The van der Waals surface area contributed by atoms with Crippen LogP contribution in [0.4, 0.5) is 10.5 Å². The van der Waals surface area contributed by atoms with Crippen molar-refractivity contribution in [3.05, 3.63) is 62.5 Å². The fourth-order valence-corrected chi connectivity index (χ4v) is 4.07. The van der Waals surface area contributed by atoms with Crippen molar-refractivity contribution in [2.24, 2.45) is 0 Å². The number of carbonyl (C=O) groups is 3. The molecule has 0 saturated carbocycles. The summed E-state index contributed by atoms with van der Waals surface area (Å²) >= 11 is 15.2. The molecule has 2 N–H and O–H groups in total. The molecule has 1 aliphatic heterocycles. The van der Waals surface area contributed by atoms with Crippen molar-refractivity contribution in [3.8, 4) is 0 Å². The third kappa shape index (κ3) is 4.16. The first kappa shape index (κ1) is 20.6. The Hall–Kier alpha value is -2.09. The average molecular weight is 486 g/mol. The Morgan fingerprint density at radius 3 is 2.32 bits per heavy atom. The Kier molecular flexibility index (Phi) is 5.98. The molecule has 2 aromatic rings. The molecule has 1 atom stereocenters. The van der Waals surface area contributed by atoms with Gasteiger partial charge in [0.2, 0.25) is 5.91 Å². The summed E-state index contributed by atoms with van der Waals surface area (Å²) in [5.74, 6) is -1.79. The molecule has 2 aromatic carbocycles. The summed E-state index contributed by atoms with van der Waals surface area (Å²) < 4.78 is 0.843. The van der Waals surface area contributed by atoms with E-state index < -0.39 is 23.4 Å². The monoisotopic (exact) mass is 484 g/mol. The van der Waals surface area contributed by atoms with Gasteiger partial charge < -0.3 is 10.4 Å². The minimum absolute atomic E-state index is 0.00504. The normalized spacial score (nSPS) is 19.0. The molecule has 146 valence electrons. The number of amides is 3. The Labute approximate surface area is 179 Å². The standard InChI is InChI=1S/C19H15BrCl2N2O4/c20-12-3-1-11(2-4-12)10-19(17(26)27)6-5-16(25)24(19)18(28)23-15-8-13(21)7-14(22)9-15/h1-4,7-9H,5-6,10H2,(H,23,28)(H,26,27)/t19-/m1/s1. The van der Waals surface area contributed by atoms with E-state index >= 15 is 0 Å². The zero-order chi connectivity index (χ0) is 20.5. The van der Waals surface area contributed by atoms with Crippen LogP contribution >= 0.6 is 39.1 Å². The number of carboxylic acid groups (broad SMARTS) is 1. The van der Waals surface area contributed by atoms with Gasteiger partial charge in [-0.25, -0.2) is 14.5 Å². The first-order valence-corrected chi connectivity index (χ1v) is 9.84. The Balaban J connectivity index is 1.93. The van der Waals surface area contributed by atoms with Crippen LogP contribution in [0.2, 0.25) is 10.0 Å². The van der Waals surface area contributed by atoms with E-state index in [4.69, 9.17) is 23.2 Å². The Bertz CT molecular complexity index is 931. The topological polar surface area (TPSA) is 86.7 Å². The number of rotatable bonds is 4. The lowest BCUT2D eigenvalue weighted by Gasteiger charge is -2.33. The summed E-state index contributed by atoms with van der Waals surface area (Å²) in [5.41, 5.74) is -0.703. The van der Waals surface area contributed by atoms with E-state index in [-0.39, 0.29) is 24.9 Å². The number of hydrogen-bond acceptors (Lipinski definition) is 3. The SMILES string of the molecule is O=C1CC[C@@](Cc2ccc(Br)cc2)(C(=O)O)N1C(=O)Nc1cc(Cl)cc(Cl)c1. The number of carboxylic acids is 1. The smallest absolute Gasteiger partial charge is 0.330 e. The van der Waals surface area contributed by atoms with Crippen molar-refractivity contribution in [2.75, 3.05) is 5.32 Å². The summed E-state index contributed by atoms with van der Waals surface area (Å²) in [6, 6.07) is 10.6. The van der Waals surface area contributed by atoms with Crippen LogP contribution in [0.15, 0.2) is 46.9 Å². The van der Waals surface area contributed by atoms with Gasteiger partial charge in [0.05, 0.1) is 0 Å². The van der Waals surface area contributed by atoms with E-state index in [0.717, 1.165) is 9.37 Å². The average Bonchev–Trinajstić information content (AvgIpc) is 2.93. The van der Waals surface area contributed by atoms with Crippen LogP contribution in [-0.2, 0) is 16.0 Å². The maximum absolute atomic E-state index is 12.8. The third-order valence-electron chi connectivity index (χ3n) is 4.55. The Morgan fingerprint density at radius 2 is 1.75 bits per heavy atom. The molecule has 1 heterocycles. The van der Waals surface area contributed by atoms with Crippen molar-refractivity contribution in [2.45, 2.75) is 24.8 Å². The van der Waals surface area contributed by atoms with Crippen molar-refractivity contribution < 1.29 is 19.5 Å². The van der Waals surface area contributed by atoms with Crippen molar-refractivity contribution in [3.63, 3.8) is 0 Å². The number of anilines is 1. The van der Waals surface area contributed by atoms with Crippen LogP contribution < -0.4 is 5.32 Å². The molecular weight excluding hydrogens is 471 g/mol. The number of aliphatic carboxylic acids is 1. The second kappa shape index (κ2) is 8.11. The molecule has 0 aromatic heterocycles. The zero-order valence-electron chi connectivity index (χ0n) is 14.4. The lowest BCUT2D eigenvalue weighted by Crippen LogP contribution is -2.57. The second-order valence-electron chi connectivity index (χ2n) is 6.46. The zero-order valence-corrected chi connectivity index (χ0v) is 17.5.